The van der Waals surface area contributed by atoms with Gasteiger partial charge in [0.1, 0.15) is 0 Å². The Labute approximate surface area is 95.6 Å². The smallest absolute Gasteiger partial charge is 0.239 e. The fourth-order valence-corrected chi connectivity index (χ4v) is 1.19. The van der Waals surface area contributed by atoms with Crippen LogP contribution in [0.1, 0.15) is 20.3 Å². The van der Waals surface area contributed by atoms with Gasteiger partial charge in [0.25, 0.3) is 0 Å². The topological polar surface area (TPSA) is 58.2 Å². The first kappa shape index (κ1) is 14.3. The quantitative estimate of drug-likeness (QED) is 0.633. The van der Waals surface area contributed by atoms with Crippen molar-refractivity contribution in [3.8, 4) is 0 Å². The molecule has 0 radical (unpaired) electrons. The Balaban J connectivity index is 3.57. The molecule has 0 saturated carbocycles. The highest BCUT2D eigenvalue weighted by Gasteiger charge is 2.10. The maximum absolute atomic E-state index is 11.3. The number of hydrogen-bond donors (Lipinski definition) is 2. The van der Waals surface area contributed by atoms with Gasteiger partial charge in [0.2, 0.25) is 11.8 Å². The Hall–Kier alpha value is -0.710. The van der Waals surface area contributed by atoms with Crippen molar-refractivity contribution in [1.29, 1.82) is 0 Å². The zero-order valence-electron chi connectivity index (χ0n) is 9.63. The Morgan fingerprint density at radius 1 is 1.33 bits per heavy atom. The third kappa shape index (κ3) is 7.25. The van der Waals surface area contributed by atoms with Crippen molar-refractivity contribution in [1.82, 2.24) is 10.6 Å². The summed E-state index contributed by atoms with van der Waals surface area (Å²) in [5.74, 6) is 0.688. The second-order valence-electron chi connectivity index (χ2n) is 3.37. The first-order valence-electron chi connectivity index (χ1n) is 5.15. The van der Waals surface area contributed by atoms with Gasteiger partial charge in [0, 0.05) is 18.2 Å². The average Bonchev–Trinajstić information content (AvgIpc) is 2.25. The van der Waals surface area contributed by atoms with Gasteiger partial charge in [-0.15, -0.1) is 0 Å². The molecule has 88 valence electrons. The summed E-state index contributed by atoms with van der Waals surface area (Å²) in [6.07, 6.45) is 2.77. The monoisotopic (exact) mass is 232 g/mol. The van der Waals surface area contributed by atoms with E-state index in [-0.39, 0.29) is 24.3 Å². The highest BCUT2D eigenvalue weighted by Crippen LogP contribution is 1.98. The van der Waals surface area contributed by atoms with Crippen LogP contribution in [0, 0.1) is 5.92 Å². The van der Waals surface area contributed by atoms with Crippen molar-refractivity contribution < 1.29 is 9.59 Å². The largest absolute Gasteiger partial charge is 0.354 e. The molecule has 5 heteroatoms. The Kier molecular flexibility index (Phi) is 8.18. The maximum atomic E-state index is 11.3. The summed E-state index contributed by atoms with van der Waals surface area (Å²) >= 11 is 1.67. The predicted octanol–water partition coefficient (Wildman–Crippen LogP) is 0.628. The van der Waals surface area contributed by atoms with Gasteiger partial charge >= 0.3 is 0 Å². The predicted molar refractivity (Wildman–Crippen MR) is 63.9 cm³/mol. The molecule has 0 aliphatic carbocycles. The van der Waals surface area contributed by atoms with Crippen LogP contribution in [0.5, 0.6) is 0 Å². The molecule has 2 N–H and O–H groups in total. The van der Waals surface area contributed by atoms with E-state index in [1.807, 2.05) is 20.1 Å². The van der Waals surface area contributed by atoms with E-state index in [1.165, 1.54) is 0 Å². The summed E-state index contributed by atoms with van der Waals surface area (Å²) in [7, 11) is 0. The number of rotatable bonds is 7. The second-order valence-corrected chi connectivity index (χ2v) is 4.36. The van der Waals surface area contributed by atoms with Crippen molar-refractivity contribution in [2.75, 3.05) is 25.1 Å². The van der Waals surface area contributed by atoms with Gasteiger partial charge in [-0.25, -0.2) is 0 Å². The number of hydrogen-bond acceptors (Lipinski definition) is 3. The van der Waals surface area contributed by atoms with Gasteiger partial charge in [-0.2, -0.15) is 11.8 Å². The first-order chi connectivity index (χ1) is 7.11. The molecule has 15 heavy (non-hydrogen) atoms. The zero-order valence-corrected chi connectivity index (χ0v) is 10.4. The minimum absolute atomic E-state index is 0.0241. The third-order valence-electron chi connectivity index (χ3n) is 2.11. The second kappa shape index (κ2) is 8.59. The molecule has 0 spiro atoms. The minimum atomic E-state index is -0.124. The highest BCUT2D eigenvalue weighted by atomic mass is 32.2. The summed E-state index contributed by atoms with van der Waals surface area (Å²) in [6, 6.07) is 0. The van der Waals surface area contributed by atoms with Gasteiger partial charge in [-0.05, 0) is 12.7 Å². The minimum Gasteiger partial charge on any atom is -0.354 e. The standard InChI is InChI=1S/C10H20N2O2S/c1-4-8(2)10(14)12-7-9(13)11-5-6-15-3/h8H,4-7H2,1-3H3,(H,11,13)(H,12,14). The highest BCUT2D eigenvalue weighted by molar-refractivity contribution is 7.98. The molecule has 0 rings (SSSR count). The molecule has 1 unspecified atom stereocenters. The van der Waals surface area contributed by atoms with Crippen LogP contribution < -0.4 is 10.6 Å². The van der Waals surface area contributed by atoms with Crippen LogP contribution in [0.2, 0.25) is 0 Å². The molecule has 1 atom stereocenters. The van der Waals surface area contributed by atoms with Crippen molar-refractivity contribution in [2.45, 2.75) is 20.3 Å². The van der Waals surface area contributed by atoms with Crippen LogP contribution in [0.25, 0.3) is 0 Å². The van der Waals surface area contributed by atoms with Crippen molar-refractivity contribution in [3.63, 3.8) is 0 Å². The van der Waals surface area contributed by atoms with E-state index >= 15 is 0 Å². The Bertz CT molecular complexity index is 210. The van der Waals surface area contributed by atoms with Crippen LogP contribution >= 0.6 is 11.8 Å². The van der Waals surface area contributed by atoms with E-state index in [1.54, 1.807) is 11.8 Å². The summed E-state index contributed by atoms with van der Waals surface area (Å²) in [5.41, 5.74) is 0. The van der Waals surface area contributed by atoms with Gasteiger partial charge in [-0.3, -0.25) is 9.59 Å². The van der Waals surface area contributed by atoms with Crippen LogP contribution in [0.4, 0.5) is 0 Å². The van der Waals surface area contributed by atoms with Crippen molar-refractivity contribution >= 4 is 23.6 Å². The van der Waals surface area contributed by atoms with Gasteiger partial charge in [0.05, 0.1) is 6.54 Å². The van der Waals surface area contributed by atoms with Gasteiger partial charge in [-0.1, -0.05) is 13.8 Å². The van der Waals surface area contributed by atoms with E-state index in [0.29, 0.717) is 6.54 Å². The van der Waals surface area contributed by atoms with Gasteiger partial charge in [0.15, 0.2) is 0 Å². The molecular formula is C10H20N2O2S. The number of carbonyl (C=O) groups is 2. The zero-order chi connectivity index (χ0) is 11.7. The average molecular weight is 232 g/mol. The van der Waals surface area contributed by atoms with E-state index in [4.69, 9.17) is 0 Å². The molecule has 0 fully saturated rings. The normalized spacial score (nSPS) is 11.9. The summed E-state index contributed by atoms with van der Waals surface area (Å²) in [5, 5.41) is 5.32. The van der Waals surface area contributed by atoms with Crippen LogP contribution in [-0.4, -0.2) is 36.9 Å². The summed E-state index contributed by atoms with van der Waals surface area (Å²) in [6.45, 7) is 4.53. The van der Waals surface area contributed by atoms with Gasteiger partial charge < -0.3 is 10.6 Å². The van der Waals surface area contributed by atoms with Crippen LogP contribution in [0.15, 0.2) is 0 Å². The first-order valence-corrected chi connectivity index (χ1v) is 6.54. The summed E-state index contributed by atoms with van der Waals surface area (Å²) in [4.78, 5) is 22.5. The van der Waals surface area contributed by atoms with E-state index in [0.717, 1.165) is 12.2 Å². The molecule has 0 aliphatic rings. The summed E-state index contributed by atoms with van der Waals surface area (Å²) < 4.78 is 0. The van der Waals surface area contributed by atoms with E-state index in [9.17, 15) is 9.59 Å². The molecule has 4 nitrogen and oxygen atoms in total. The van der Waals surface area contributed by atoms with Crippen LogP contribution in [0.3, 0.4) is 0 Å². The molecule has 0 aliphatic heterocycles. The lowest BCUT2D eigenvalue weighted by Crippen LogP contribution is -2.39. The molecule has 0 heterocycles. The molecule has 0 saturated heterocycles. The molecule has 0 aromatic carbocycles. The maximum Gasteiger partial charge on any atom is 0.239 e. The molecular weight excluding hydrogens is 212 g/mol. The lowest BCUT2D eigenvalue weighted by molar-refractivity contribution is -0.128. The SMILES string of the molecule is CCC(C)C(=O)NCC(=O)NCCSC. The number of amides is 2. The molecule has 0 aromatic heterocycles. The third-order valence-corrected chi connectivity index (χ3v) is 2.72. The fraction of sp³-hybridized carbons (Fsp3) is 0.800. The van der Waals surface area contributed by atoms with E-state index < -0.39 is 0 Å². The fourth-order valence-electron chi connectivity index (χ4n) is 0.882. The molecule has 0 bridgehead atoms. The molecule has 0 aromatic rings. The number of carbonyl (C=O) groups excluding carboxylic acids is 2. The number of thioether (sulfide) groups is 1. The Morgan fingerprint density at radius 3 is 2.53 bits per heavy atom. The number of nitrogens with one attached hydrogen (secondary N) is 2. The van der Waals surface area contributed by atoms with Crippen molar-refractivity contribution in [3.05, 3.63) is 0 Å². The lowest BCUT2D eigenvalue weighted by atomic mass is 10.1. The Morgan fingerprint density at radius 2 is 2.00 bits per heavy atom. The van der Waals surface area contributed by atoms with E-state index in [2.05, 4.69) is 10.6 Å². The lowest BCUT2D eigenvalue weighted by Gasteiger charge is -2.09. The van der Waals surface area contributed by atoms with Crippen molar-refractivity contribution in [2.24, 2.45) is 5.92 Å². The van der Waals surface area contributed by atoms with Crippen LogP contribution in [-0.2, 0) is 9.59 Å². The molecule has 2 amide bonds.